The summed E-state index contributed by atoms with van der Waals surface area (Å²) in [5, 5.41) is 13.1. The number of aromatic hydroxyl groups is 1. The van der Waals surface area contributed by atoms with Gasteiger partial charge >= 0.3 is 6.18 Å². The maximum atomic E-state index is 13.1. The molecule has 4 aromatic rings. The second-order valence-electron chi connectivity index (χ2n) is 8.18. The number of halogens is 3. The number of hydrogen-bond acceptors (Lipinski definition) is 4. The number of phenolic OH excluding ortho intramolecular Hbond substituents is 1. The Morgan fingerprint density at radius 1 is 1.00 bits per heavy atom. The summed E-state index contributed by atoms with van der Waals surface area (Å²) < 4.78 is 44.4. The number of benzene rings is 3. The number of ether oxygens (including phenoxy) is 1. The molecule has 1 amide bonds. The van der Waals surface area contributed by atoms with Crippen LogP contribution in [0.3, 0.4) is 0 Å². The van der Waals surface area contributed by atoms with Crippen molar-refractivity contribution in [2.75, 3.05) is 13.7 Å². The fourth-order valence-corrected chi connectivity index (χ4v) is 3.84. The van der Waals surface area contributed by atoms with Crippen LogP contribution in [0.25, 0.3) is 22.0 Å². The van der Waals surface area contributed by atoms with Crippen molar-refractivity contribution in [3.05, 3.63) is 95.7 Å². The van der Waals surface area contributed by atoms with Crippen LogP contribution in [0.15, 0.2) is 78.9 Å². The number of carbonyl (C=O) groups is 1. The van der Waals surface area contributed by atoms with Crippen molar-refractivity contribution >= 4 is 16.8 Å². The number of hydrogen-bond donors (Lipinski definition) is 2. The molecule has 0 spiro atoms. The molecule has 0 bridgehead atoms. The van der Waals surface area contributed by atoms with Crippen LogP contribution in [0.5, 0.6) is 5.75 Å². The first-order chi connectivity index (χ1) is 16.7. The first kappa shape index (κ1) is 24.2. The Bertz CT molecular complexity index is 1340. The van der Waals surface area contributed by atoms with Gasteiger partial charge in [-0.25, -0.2) is 4.98 Å². The lowest BCUT2D eigenvalue weighted by Crippen LogP contribution is -2.40. The molecule has 0 unspecified atom stereocenters. The van der Waals surface area contributed by atoms with Crippen LogP contribution < -0.4 is 5.32 Å². The van der Waals surface area contributed by atoms with Gasteiger partial charge in [0.2, 0.25) is 0 Å². The number of alkyl halides is 3. The van der Waals surface area contributed by atoms with Gasteiger partial charge in [-0.1, -0.05) is 36.4 Å². The van der Waals surface area contributed by atoms with Crippen LogP contribution >= 0.6 is 0 Å². The van der Waals surface area contributed by atoms with E-state index in [4.69, 9.17) is 4.74 Å². The summed E-state index contributed by atoms with van der Waals surface area (Å²) in [7, 11) is 1.55. The summed E-state index contributed by atoms with van der Waals surface area (Å²) in [5.74, 6) is -0.202. The summed E-state index contributed by atoms with van der Waals surface area (Å²) in [6.45, 7) is 0.292. The van der Waals surface area contributed by atoms with Crippen molar-refractivity contribution in [3.63, 3.8) is 0 Å². The molecular weight excluding hydrogens is 457 g/mol. The summed E-state index contributed by atoms with van der Waals surface area (Å²) in [4.78, 5) is 17.3. The van der Waals surface area contributed by atoms with Crippen molar-refractivity contribution in [3.8, 4) is 16.9 Å². The number of carbonyl (C=O) groups excluding carboxylic acids is 1. The van der Waals surface area contributed by atoms with E-state index in [0.717, 1.165) is 17.7 Å². The van der Waals surface area contributed by atoms with Crippen LogP contribution in [-0.2, 0) is 17.3 Å². The maximum absolute atomic E-state index is 13.1. The van der Waals surface area contributed by atoms with E-state index >= 15 is 0 Å². The van der Waals surface area contributed by atoms with Gasteiger partial charge in [-0.3, -0.25) is 4.79 Å². The largest absolute Gasteiger partial charge is 0.508 e. The molecule has 0 radical (unpaired) electrons. The van der Waals surface area contributed by atoms with Gasteiger partial charge in [-0.15, -0.1) is 0 Å². The lowest BCUT2D eigenvalue weighted by Gasteiger charge is -2.18. The van der Waals surface area contributed by atoms with Crippen molar-refractivity contribution in [1.82, 2.24) is 10.3 Å². The van der Waals surface area contributed by atoms with E-state index in [9.17, 15) is 23.1 Å². The van der Waals surface area contributed by atoms with Gasteiger partial charge in [-0.05, 0) is 65.6 Å². The van der Waals surface area contributed by atoms with Gasteiger partial charge in [0.15, 0.2) is 0 Å². The zero-order valence-electron chi connectivity index (χ0n) is 18.8. The number of amides is 1. The minimum Gasteiger partial charge on any atom is -0.508 e. The Balaban J connectivity index is 1.53. The van der Waals surface area contributed by atoms with Crippen molar-refractivity contribution < 1.29 is 27.8 Å². The van der Waals surface area contributed by atoms with Gasteiger partial charge < -0.3 is 15.2 Å². The highest BCUT2D eigenvalue weighted by Gasteiger charge is 2.30. The smallest absolute Gasteiger partial charge is 0.416 e. The van der Waals surface area contributed by atoms with Crippen LogP contribution in [0.2, 0.25) is 0 Å². The van der Waals surface area contributed by atoms with E-state index in [1.54, 1.807) is 67.8 Å². The highest BCUT2D eigenvalue weighted by molar-refractivity contribution is 5.95. The average molecular weight is 480 g/mol. The van der Waals surface area contributed by atoms with Gasteiger partial charge in [0.05, 0.1) is 23.7 Å². The monoisotopic (exact) mass is 480 g/mol. The molecule has 2 N–H and O–H groups in total. The number of nitrogens with zero attached hydrogens (tertiary/aromatic N) is 1. The second-order valence-corrected chi connectivity index (χ2v) is 8.18. The minimum atomic E-state index is -4.42. The summed E-state index contributed by atoms with van der Waals surface area (Å²) >= 11 is 0. The molecule has 4 rings (SSSR count). The number of rotatable bonds is 7. The van der Waals surface area contributed by atoms with E-state index in [2.05, 4.69) is 10.3 Å². The lowest BCUT2D eigenvalue weighted by molar-refractivity contribution is -0.137. The predicted molar refractivity (Wildman–Crippen MR) is 127 cm³/mol. The van der Waals surface area contributed by atoms with Crippen LogP contribution in [0.1, 0.15) is 21.6 Å². The number of aromatic nitrogens is 1. The second kappa shape index (κ2) is 10.1. The molecule has 0 aliphatic carbocycles. The van der Waals surface area contributed by atoms with E-state index in [0.29, 0.717) is 35.1 Å². The molecule has 0 saturated heterocycles. The molecule has 35 heavy (non-hydrogen) atoms. The third-order valence-corrected chi connectivity index (χ3v) is 5.57. The van der Waals surface area contributed by atoms with Crippen LogP contribution in [0.4, 0.5) is 13.2 Å². The third kappa shape index (κ3) is 5.96. The van der Waals surface area contributed by atoms with Crippen LogP contribution in [0, 0.1) is 0 Å². The standard InChI is InChI=1S/C27H23F3N2O3/c1-35-16-22(13-17-5-9-23(33)10-6-17)31-26(34)25-12-8-20-14-19(7-11-24(20)32-25)18-3-2-4-21(15-18)27(28,29)30/h2-12,14-15,22,33H,13,16H2,1H3,(H,31,34)/t22-/m0/s1. The van der Waals surface area contributed by atoms with Gasteiger partial charge in [0, 0.05) is 12.5 Å². The highest BCUT2D eigenvalue weighted by atomic mass is 19.4. The zero-order valence-corrected chi connectivity index (χ0v) is 18.8. The number of nitrogens with one attached hydrogen (secondary N) is 1. The Kier molecular flexibility index (Phi) is 7.02. The van der Waals surface area contributed by atoms with Crippen molar-refractivity contribution in [2.24, 2.45) is 0 Å². The number of phenols is 1. The molecule has 180 valence electrons. The molecule has 5 nitrogen and oxygen atoms in total. The van der Waals surface area contributed by atoms with E-state index in [-0.39, 0.29) is 23.4 Å². The first-order valence-corrected chi connectivity index (χ1v) is 10.9. The Hall–Kier alpha value is -3.91. The number of fused-ring (bicyclic) bond motifs is 1. The molecule has 0 saturated carbocycles. The van der Waals surface area contributed by atoms with Gasteiger partial charge in [0.1, 0.15) is 11.4 Å². The molecule has 1 heterocycles. The zero-order chi connectivity index (χ0) is 25.0. The number of methoxy groups -OCH3 is 1. The van der Waals surface area contributed by atoms with Crippen LogP contribution in [-0.4, -0.2) is 35.8 Å². The molecule has 8 heteroatoms. The van der Waals surface area contributed by atoms with E-state index in [1.807, 2.05) is 0 Å². The van der Waals surface area contributed by atoms with E-state index < -0.39 is 11.7 Å². The quantitative estimate of drug-likeness (QED) is 0.361. The van der Waals surface area contributed by atoms with Crippen molar-refractivity contribution in [1.29, 1.82) is 0 Å². The molecule has 1 atom stereocenters. The fourth-order valence-electron chi connectivity index (χ4n) is 3.84. The van der Waals surface area contributed by atoms with Crippen molar-refractivity contribution in [2.45, 2.75) is 18.6 Å². The topological polar surface area (TPSA) is 71.5 Å². The SMILES string of the molecule is COC[C@H](Cc1ccc(O)cc1)NC(=O)c1ccc2cc(-c3cccc(C(F)(F)F)c3)ccc2n1. The fraction of sp³-hybridized carbons (Fsp3) is 0.185. The normalized spacial score (nSPS) is 12.5. The molecule has 0 fully saturated rings. The Morgan fingerprint density at radius 3 is 2.46 bits per heavy atom. The number of pyridine rings is 1. The average Bonchev–Trinajstić information content (AvgIpc) is 2.84. The minimum absolute atomic E-state index is 0.164. The third-order valence-electron chi connectivity index (χ3n) is 5.57. The van der Waals surface area contributed by atoms with Gasteiger partial charge in [-0.2, -0.15) is 13.2 Å². The molecule has 3 aromatic carbocycles. The van der Waals surface area contributed by atoms with E-state index in [1.165, 1.54) is 6.07 Å². The van der Waals surface area contributed by atoms with Gasteiger partial charge in [0.25, 0.3) is 5.91 Å². The summed E-state index contributed by atoms with van der Waals surface area (Å²) in [6.07, 6.45) is -3.91. The Morgan fingerprint density at radius 2 is 1.74 bits per heavy atom. The summed E-state index contributed by atoms with van der Waals surface area (Å²) in [5.41, 5.74) is 2.06. The molecule has 0 aliphatic heterocycles. The first-order valence-electron chi connectivity index (χ1n) is 10.9. The molecular formula is C27H23F3N2O3. The maximum Gasteiger partial charge on any atom is 0.416 e. The summed E-state index contributed by atoms with van der Waals surface area (Å²) in [6, 6.07) is 20.0. The molecule has 0 aliphatic rings. The Labute approximate surface area is 200 Å². The highest BCUT2D eigenvalue weighted by Crippen LogP contribution is 2.33. The lowest BCUT2D eigenvalue weighted by atomic mass is 10.0. The predicted octanol–water partition coefficient (Wildman–Crippen LogP) is 5.61. The molecule has 1 aromatic heterocycles.